The first-order chi connectivity index (χ1) is 13.9. The second-order valence-corrected chi connectivity index (χ2v) is 6.52. The fraction of sp³-hybridized carbons (Fsp3) is 0.556. The summed E-state index contributed by atoms with van der Waals surface area (Å²) in [6, 6.07) is -0.668. The van der Waals surface area contributed by atoms with Gasteiger partial charge in [0.15, 0.2) is 11.5 Å². The minimum atomic E-state index is -2.89. The molecule has 1 saturated heterocycles. The average molecular weight is 307 g/mol. The van der Waals surface area contributed by atoms with Gasteiger partial charge in [-0.2, -0.15) is 0 Å². The highest BCUT2D eigenvalue weighted by Crippen LogP contribution is 2.62. The molecule has 1 fully saturated rings. The van der Waals surface area contributed by atoms with Crippen LogP contribution in [-0.2, 0) is 11.8 Å². The Morgan fingerprint density at radius 1 is 1.59 bits per heavy atom. The standard InChI is InChI=1S/C18H21NO3/c1-19-8-7-18-11-4-5-13(20)17(18)22-16-14(21-2)6-3-10(15(16)18)9-12(11)19/h3-6,11-13,17,20H,7-9H2,1-2H3/t11-,12+,13?,17?,18-/m0/s1/i2D3,3D,6D,13D,17D,20D. The van der Waals surface area contributed by atoms with Gasteiger partial charge in [0, 0.05) is 22.9 Å². The van der Waals surface area contributed by atoms with Crippen LogP contribution in [0.25, 0.3) is 0 Å². The van der Waals surface area contributed by atoms with Gasteiger partial charge in [0.25, 0.3) is 0 Å². The van der Waals surface area contributed by atoms with E-state index in [1.807, 2.05) is 7.05 Å². The van der Waals surface area contributed by atoms with E-state index in [1.54, 1.807) is 6.08 Å². The molecule has 0 saturated carbocycles. The van der Waals surface area contributed by atoms with Crippen molar-refractivity contribution in [2.24, 2.45) is 5.92 Å². The summed E-state index contributed by atoms with van der Waals surface area (Å²) in [7, 11) is -0.928. The van der Waals surface area contributed by atoms with Crippen molar-refractivity contribution in [3.63, 3.8) is 0 Å². The van der Waals surface area contributed by atoms with Crippen LogP contribution in [0.15, 0.2) is 24.2 Å². The summed E-state index contributed by atoms with van der Waals surface area (Å²) in [5.41, 5.74) is -0.149. The first-order valence-electron chi connectivity index (χ1n) is 11.4. The van der Waals surface area contributed by atoms with Gasteiger partial charge >= 0.3 is 0 Å². The molecule has 22 heavy (non-hydrogen) atoms. The Kier molecular flexibility index (Phi) is 1.36. The summed E-state index contributed by atoms with van der Waals surface area (Å²) in [6.45, 7) is 0.595. The van der Waals surface area contributed by atoms with Gasteiger partial charge in [0.2, 0.25) is 1.43 Å². The topological polar surface area (TPSA) is 41.9 Å². The molecular weight excluding hydrogens is 278 g/mol. The zero-order chi connectivity index (χ0) is 21.9. The van der Waals surface area contributed by atoms with Crippen molar-refractivity contribution < 1.29 is 24.2 Å². The summed E-state index contributed by atoms with van der Waals surface area (Å²) < 4.78 is 76.0. The lowest BCUT2D eigenvalue weighted by Crippen LogP contribution is -2.64. The summed E-state index contributed by atoms with van der Waals surface area (Å²) >= 11 is 0. The van der Waals surface area contributed by atoms with Gasteiger partial charge in [0.05, 0.1) is 16.6 Å². The summed E-state index contributed by atoms with van der Waals surface area (Å²) in [5.74, 6) is -0.757. The predicted molar refractivity (Wildman–Crippen MR) is 82.5 cm³/mol. The maximum Gasteiger partial charge on any atom is 0.211 e. The van der Waals surface area contributed by atoms with Gasteiger partial charge in [0.1, 0.15) is 12.2 Å². The summed E-state index contributed by atoms with van der Waals surface area (Å²) in [6.07, 6.45) is -0.317. The van der Waals surface area contributed by atoms with E-state index in [0.717, 1.165) is 0 Å². The first-order valence-corrected chi connectivity index (χ1v) is 7.48. The zero-order valence-electron chi connectivity index (χ0n) is 20.1. The van der Waals surface area contributed by atoms with Crippen molar-refractivity contribution >= 4 is 0 Å². The Morgan fingerprint density at radius 3 is 3.41 bits per heavy atom. The summed E-state index contributed by atoms with van der Waals surface area (Å²) in [4.78, 5) is 2.13. The SMILES string of the molecule is [2H]OC1([2H])C=C[C@H]2[C@H]3Cc4c([2H])c([2H])c(OC([2H])([2H])[2H])c5c4[C@@]2(CCN3C)C1([2H])O5. The van der Waals surface area contributed by atoms with Gasteiger partial charge < -0.3 is 19.5 Å². The maximum atomic E-state index is 9.30. The second-order valence-electron chi connectivity index (χ2n) is 6.52. The third kappa shape index (κ3) is 1.28. The molecule has 4 nitrogen and oxygen atoms in total. The quantitative estimate of drug-likeness (QED) is 0.841. The third-order valence-electron chi connectivity index (χ3n) is 5.72. The van der Waals surface area contributed by atoms with E-state index in [-0.39, 0.29) is 23.8 Å². The fourth-order valence-corrected chi connectivity index (χ4v) is 4.77. The van der Waals surface area contributed by atoms with E-state index < -0.39 is 36.4 Å². The average Bonchev–Trinajstić information content (AvgIpc) is 2.94. The highest BCUT2D eigenvalue weighted by atomic mass is 16.5. The van der Waals surface area contributed by atoms with Crippen LogP contribution >= 0.6 is 0 Å². The van der Waals surface area contributed by atoms with Crippen molar-refractivity contribution in [2.45, 2.75) is 36.5 Å². The van der Waals surface area contributed by atoms with E-state index in [2.05, 4.69) is 4.90 Å². The molecule has 1 aromatic carbocycles. The molecule has 2 unspecified atom stereocenters. The predicted octanol–water partition coefficient (Wildman–Crippen LogP) is 1.50. The Balaban J connectivity index is 1.87. The van der Waals surface area contributed by atoms with Crippen LogP contribution in [0.3, 0.4) is 0 Å². The molecule has 0 radical (unpaired) electrons. The number of hydrogen-bond donors (Lipinski definition) is 1. The lowest BCUT2D eigenvalue weighted by Gasteiger charge is -2.56. The van der Waals surface area contributed by atoms with E-state index in [9.17, 15) is 1.37 Å². The van der Waals surface area contributed by atoms with Crippen molar-refractivity contribution in [1.82, 2.24) is 4.90 Å². The molecular formula is C18H21NO3. The third-order valence-corrected chi connectivity index (χ3v) is 5.72. The zero-order valence-corrected chi connectivity index (χ0v) is 12.1. The van der Waals surface area contributed by atoms with Gasteiger partial charge in [-0.3, -0.25) is 0 Å². The Bertz CT molecular complexity index is 983. The summed E-state index contributed by atoms with van der Waals surface area (Å²) in [5, 5.41) is 4.71. The highest BCUT2D eigenvalue weighted by molar-refractivity contribution is 5.62. The smallest absolute Gasteiger partial charge is 0.211 e. The number of rotatable bonds is 2. The van der Waals surface area contributed by atoms with E-state index in [1.165, 1.54) is 6.08 Å². The van der Waals surface area contributed by atoms with Crippen molar-refractivity contribution in [3.8, 4) is 11.5 Å². The number of aliphatic hydroxyl groups is 1. The normalized spacial score (nSPS) is 53.5. The molecule has 0 amide bonds. The number of ether oxygens (including phenoxy) is 2. The van der Waals surface area contributed by atoms with Gasteiger partial charge in [-0.25, -0.2) is 0 Å². The molecule has 116 valence electrons. The van der Waals surface area contributed by atoms with Crippen LogP contribution in [0.2, 0.25) is 0 Å². The lowest BCUT2D eigenvalue weighted by molar-refractivity contribution is -0.0453. The number of nitrogens with zero attached hydrogens (tertiary/aromatic N) is 1. The van der Waals surface area contributed by atoms with Crippen LogP contribution < -0.4 is 9.47 Å². The molecule has 5 atom stereocenters. The molecule has 4 aliphatic rings. The molecule has 1 spiro atoms. The van der Waals surface area contributed by atoms with E-state index >= 15 is 0 Å². The Labute approximate surface area is 141 Å². The Hall–Kier alpha value is -1.52. The molecule has 1 N–H and O–H groups in total. The van der Waals surface area contributed by atoms with Crippen LogP contribution in [0.4, 0.5) is 0 Å². The van der Waals surface area contributed by atoms with Crippen molar-refractivity contribution in [1.29, 1.82) is 1.43 Å². The minimum Gasteiger partial charge on any atom is -0.493 e. The van der Waals surface area contributed by atoms with Crippen LogP contribution in [-0.4, -0.2) is 50.3 Å². The monoisotopic (exact) mass is 307 g/mol. The molecule has 1 aromatic rings. The largest absolute Gasteiger partial charge is 0.493 e. The maximum absolute atomic E-state index is 9.30. The Morgan fingerprint density at radius 2 is 2.55 bits per heavy atom. The van der Waals surface area contributed by atoms with Crippen LogP contribution in [0.1, 0.15) is 27.1 Å². The van der Waals surface area contributed by atoms with Crippen molar-refractivity contribution in [3.05, 3.63) is 35.4 Å². The number of methoxy groups -OCH3 is 1. The van der Waals surface area contributed by atoms with Crippen LogP contribution in [0.5, 0.6) is 11.5 Å². The molecule has 5 rings (SSSR count). The van der Waals surface area contributed by atoms with E-state index in [0.29, 0.717) is 30.5 Å². The number of likely N-dealkylation sites (tertiary alicyclic amines) is 1. The molecule has 0 aromatic heterocycles. The number of hydrogen-bond acceptors (Lipinski definition) is 4. The number of benzene rings is 1. The van der Waals surface area contributed by atoms with Crippen molar-refractivity contribution in [2.75, 3.05) is 20.6 Å². The molecule has 2 aliphatic carbocycles. The van der Waals surface area contributed by atoms with Gasteiger partial charge in [-0.1, -0.05) is 18.2 Å². The highest BCUT2D eigenvalue weighted by Gasteiger charge is 2.64. The molecule has 4 heteroatoms. The van der Waals surface area contributed by atoms with Gasteiger partial charge in [-0.15, -0.1) is 0 Å². The first kappa shape index (κ1) is 7.37. The number of likely N-dealkylation sites (N-methyl/N-ethyl adjacent to an activating group) is 1. The molecule has 2 heterocycles. The van der Waals surface area contributed by atoms with E-state index in [4.69, 9.17) is 24.2 Å². The second kappa shape index (κ2) is 4.06. The lowest BCUT2D eigenvalue weighted by atomic mass is 9.53. The fourth-order valence-electron chi connectivity index (χ4n) is 4.77. The van der Waals surface area contributed by atoms with Crippen LogP contribution in [0, 0.1) is 5.92 Å². The molecule has 2 bridgehead atoms. The molecule has 2 aliphatic heterocycles. The number of piperidine rings is 1. The van der Waals surface area contributed by atoms with Gasteiger partial charge in [-0.05, 0) is 38.0 Å². The minimum absolute atomic E-state index is 0.0810.